The van der Waals surface area contributed by atoms with Crippen molar-refractivity contribution >= 4 is 5.91 Å². The summed E-state index contributed by atoms with van der Waals surface area (Å²) in [6.45, 7) is 3.25. The van der Waals surface area contributed by atoms with Gasteiger partial charge in [0.2, 0.25) is 5.91 Å². The van der Waals surface area contributed by atoms with Crippen LogP contribution in [0.25, 0.3) is 0 Å². The van der Waals surface area contributed by atoms with E-state index >= 15 is 0 Å². The average molecular weight is 110 g/mol. The van der Waals surface area contributed by atoms with Crippen molar-refractivity contribution in [1.82, 2.24) is 5.32 Å². The number of nitrogens with one attached hydrogen (secondary N) is 1. The van der Waals surface area contributed by atoms with E-state index in [9.17, 15) is 4.79 Å². The second-order valence-corrected chi connectivity index (χ2v) is 1.20. The van der Waals surface area contributed by atoms with Crippen molar-refractivity contribution in [2.75, 3.05) is 7.05 Å². The van der Waals surface area contributed by atoms with Crippen LogP contribution < -0.4 is 5.32 Å². The lowest BCUT2D eigenvalue weighted by atomic mass is 10.4. The van der Waals surface area contributed by atoms with Crippen LogP contribution in [0, 0.1) is 18.8 Å². The summed E-state index contributed by atoms with van der Waals surface area (Å²) in [6, 6.07) is 0. The fourth-order valence-corrected chi connectivity index (χ4v) is 0.231. The van der Waals surface area contributed by atoms with Gasteiger partial charge in [-0.1, -0.05) is 5.92 Å². The van der Waals surface area contributed by atoms with Crippen LogP contribution in [0.15, 0.2) is 0 Å². The second kappa shape index (κ2) is 4.20. The van der Waals surface area contributed by atoms with E-state index in [4.69, 9.17) is 0 Å². The fraction of sp³-hybridized carbons (Fsp3) is 0.333. The number of hydrogen-bond acceptors (Lipinski definition) is 1. The van der Waals surface area contributed by atoms with Gasteiger partial charge in [0.25, 0.3) is 0 Å². The lowest BCUT2D eigenvalue weighted by Gasteiger charge is -1.87. The molecule has 0 aliphatic heterocycles. The van der Waals surface area contributed by atoms with E-state index in [0.29, 0.717) is 0 Å². The van der Waals surface area contributed by atoms with Crippen LogP contribution in [0.5, 0.6) is 0 Å². The number of carbonyl (C=O) groups excluding carboxylic acids is 1. The maximum absolute atomic E-state index is 10.3. The van der Waals surface area contributed by atoms with Gasteiger partial charge in [0, 0.05) is 14.0 Å². The zero-order valence-corrected chi connectivity index (χ0v) is 4.82. The first-order valence-electron chi connectivity index (χ1n) is 2.26. The molecule has 0 heterocycles. The predicted octanol–water partition coefficient (Wildman–Crippen LogP) is -0.0400. The molecule has 0 unspecified atom stereocenters. The van der Waals surface area contributed by atoms with Crippen LogP contribution in [0.2, 0.25) is 0 Å². The van der Waals surface area contributed by atoms with Gasteiger partial charge in [0.05, 0.1) is 6.42 Å². The summed E-state index contributed by atoms with van der Waals surface area (Å²) in [5.41, 5.74) is 0. The molecule has 0 aromatic rings. The van der Waals surface area contributed by atoms with Gasteiger partial charge in [0.1, 0.15) is 0 Å². The monoisotopic (exact) mass is 110 g/mol. The highest BCUT2D eigenvalue weighted by Crippen LogP contribution is 1.71. The summed E-state index contributed by atoms with van der Waals surface area (Å²) < 4.78 is 0. The van der Waals surface area contributed by atoms with Gasteiger partial charge in [-0.3, -0.25) is 4.79 Å². The van der Waals surface area contributed by atoms with Crippen LogP contribution in [0.1, 0.15) is 6.42 Å². The Balaban J connectivity index is 3.35. The number of carbonyl (C=O) groups is 1. The van der Waals surface area contributed by atoms with Gasteiger partial charge in [-0.05, 0) is 0 Å². The topological polar surface area (TPSA) is 29.1 Å². The van der Waals surface area contributed by atoms with Crippen molar-refractivity contribution in [3.63, 3.8) is 0 Å². The molecule has 2 heteroatoms. The van der Waals surface area contributed by atoms with Gasteiger partial charge in [-0.25, -0.2) is 0 Å². The first kappa shape index (κ1) is 7.03. The van der Waals surface area contributed by atoms with Crippen LogP contribution >= 0.6 is 0 Å². The largest absolute Gasteiger partial charge is 0.358 e. The first-order chi connectivity index (χ1) is 3.81. The molecular formula is C6H8NO. The Morgan fingerprint density at radius 1 is 1.88 bits per heavy atom. The minimum atomic E-state index is -0.0684. The zero-order chi connectivity index (χ0) is 6.41. The lowest BCUT2D eigenvalue weighted by molar-refractivity contribution is -0.119. The Kier molecular flexibility index (Phi) is 3.69. The summed E-state index contributed by atoms with van der Waals surface area (Å²) in [7, 11) is 1.58. The molecule has 0 saturated carbocycles. The molecule has 0 aromatic carbocycles. The highest BCUT2D eigenvalue weighted by molar-refractivity contribution is 5.78. The fourth-order valence-electron chi connectivity index (χ4n) is 0.231. The minimum Gasteiger partial charge on any atom is -0.358 e. The van der Waals surface area contributed by atoms with Gasteiger partial charge in [-0.2, -0.15) is 0 Å². The molecule has 0 spiro atoms. The van der Waals surface area contributed by atoms with Crippen molar-refractivity contribution < 1.29 is 4.79 Å². The smallest absolute Gasteiger partial charge is 0.231 e. The summed E-state index contributed by atoms with van der Waals surface area (Å²) in [4.78, 5) is 10.3. The maximum atomic E-state index is 10.3. The molecule has 0 rings (SSSR count). The van der Waals surface area contributed by atoms with Crippen LogP contribution in [0.3, 0.4) is 0 Å². The Bertz CT molecular complexity index is 129. The Labute approximate surface area is 49.3 Å². The highest BCUT2D eigenvalue weighted by Gasteiger charge is 1.88. The predicted molar refractivity (Wildman–Crippen MR) is 31.8 cm³/mol. The van der Waals surface area contributed by atoms with E-state index in [2.05, 4.69) is 24.1 Å². The summed E-state index contributed by atoms with van der Waals surface area (Å²) in [5, 5.41) is 2.43. The van der Waals surface area contributed by atoms with Crippen LogP contribution in [0.4, 0.5) is 0 Å². The molecule has 2 nitrogen and oxygen atoms in total. The molecule has 0 atom stereocenters. The lowest BCUT2D eigenvalue weighted by Crippen LogP contribution is -2.16. The van der Waals surface area contributed by atoms with E-state index in [1.807, 2.05) is 0 Å². The average Bonchev–Trinajstić information content (AvgIpc) is 1.83. The summed E-state index contributed by atoms with van der Waals surface area (Å²) in [5.74, 6) is 4.83. The maximum Gasteiger partial charge on any atom is 0.231 e. The van der Waals surface area contributed by atoms with E-state index in [1.165, 1.54) is 0 Å². The third-order valence-corrected chi connectivity index (χ3v) is 0.653. The third kappa shape index (κ3) is 3.23. The summed E-state index contributed by atoms with van der Waals surface area (Å²) in [6.07, 6.45) is 0.250. The van der Waals surface area contributed by atoms with Crippen LogP contribution in [-0.4, -0.2) is 13.0 Å². The van der Waals surface area contributed by atoms with E-state index < -0.39 is 0 Å². The van der Waals surface area contributed by atoms with Gasteiger partial charge in [0.15, 0.2) is 0 Å². The molecule has 1 radical (unpaired) electrons. The molecule has 0 aliphatic carbocycles. The Hall–Kier alpha value is -0.970. The van der Waals surface area contributed by atoms with Crippen molar-refractivity contribution in [2.45, 2.75) is 6.42 Å². The van der Waals surface area contributed by atoms with E-state index in [0.717, 1.165) is 0 Å². The van der Waals surface area contributed by atoms with Gasteiger partial charge < -0.3 is 5.32 Å². The van der Waals surface area contributed by atoms with Crippen molar-refractivity contribution in [1.29, 1.82) is 0 Å². The van der Waals surface area contributed by atoms with Gasteiger partial charge in [-0.15, -0.1) is 5.92 Å². The Morgan fingerprint density at radius 3 is 2.88 bits per heavy atom. The standard InChI is InChI=1S/C6H8NO/c1-3-4-5-6(8)7-2/h1,5H2,2H3,(H,7,8). The molecule has 0 fully saturated rings. The van der Waals surface area contributed by atoms with Gasteiger partial charge >= 0.3 is 0 Å². The number of rotatable bonds is 1. The molecule has 0 bridgehead atoms. The molecule has 8 heavy (non-hydrogen) atoms. The summed E-state index contributed by atoms with van der Waals surface area (Å²) >= 11 is 0. The van der Waals surface area contributed by atoms with E-state index in [1.54, 1.807) is 7.05 Å². The zero-order valence-electron chi connectivity index (χ0n) is 4.82. The second-order valence-electron chi connectivity index (χ2n) is 1.20. The molecule has 0 aromatic heterocycles. The van der Waals surface area contributed by atoms with Crippen LogP contribution in [-0.2, 0) is 4.79 Å². The number of hydrogen-bond donors (Lipinski definition) is 1. The number of amides is 1. The Morgan fingerprint density at radius 2 is 2.50 bits per heavy atom. The minimum absolute atomic E-state index is 0.0684. The molecule has 0 saturated heterocycles. The first-order valence-corrected chi connectivity index (χ1v) is 2.26. The third-order valence-electron chi connectivity index (χ3n) is 0.653. The normalized spacial score (nSPS) is 6.75. The SMILES string of the molecule is [CH2]C#CCC(=O)NC. The quantitative estimate of drug-likeness (QED) is 0.471. The molecule has 1 amide bonds. The molecule has 43 valence electrons. The molecule has 1 N–H and O–H groups in total. The molecule has 0 aliphatic rings. The highest BCUT2D eigenvalue weighted by atomic mass is 16.1. The van der Waals surface area contributed by atoms with Crippen molar-refractivity contribution in [2.24, 2.45) is 0 Å². The molecular weight excluding hydrogens is 102 g/mol. The van der Waals surface area contributed by atoms with Crippen molar-refractivity contribution in [3.8, 4) is 11.8 Å². The van der Waals surface area contributed by atoms with E-state index in [-0.39, 0.29) is 12.3 Å². The van der Waals surface area contributed by atoms with Crippen molar-refractivity contribution in [3.05, 3.63) is 6.92 Å².